The van der Waals surface area contributed by atoms with Crippen molar-refractivity contribution in [3.05, 3.63) is 33.4 Å². The van der Waals surface area contributed by atoms with Crippen LogP contribution in [-0.2, 0) is 0 Å². The summed E-state index contributed by atoms with van der Waals surface area (Å²) in [5.74, 6) is 0.0517. The Balaban J connectivity index is 1.88. The van der Waals surface area contributed by atoms with E-state index in [1.165, 1.54) is 19.4 Å². The van der Waals surface area contributed by atoms with Gasteiger partial charge in [0.05, 0.1) is 19.6 Å². The number of likely N-dealkylation sites (N-methyl/N-ethyl adjacent to an activating group) is 1. The van der Waals surface area contributed by atoms with Gasteiger partial charge in [-0.3, -0.25) is 4.79 Å². The highest BCUT2D eigenvalue weighted by atomic mass is 127. The molecule has 2 N–H and O–H groups in total. The molecule has 0 radical (unpaired) electrons. The molecule has 4 heteroatoms. The number of benzene rings is 1. The first-order valence-electron chi connectivity index (χ1n) is 6.59. The first-order valence-corrected chi connectivity index (χ1v) is 7.67. The third kappa shape index (κ3) is 3.45. The minimum absolute atomic E-state index is 0.0517. The molecule has 1 aliphatic heterocycles. The maximum Gasteiger partial charge on any atom is 0.251 e. The van der Waals surface area contributed by atoms with E-state index in [9.17, 15) is 4.79 Å². The summed E-state index contributed by atoms with van der Waals surface area (Å²) in [4.78, 5) is 13.6. The van der Waals surface area contributed by atoms with Crippen LogP contribution in [0.4, 0.5) is 0 Å². The van der Waals surface area contributed by atoms with Crippen molar-refractivity contribution < 1.29 is 9.69 Å². The van der Waals surface area contributed by atoms with Crippen LogP contribution in [0.2, 0.25) is 0 Å². The molecule has 0 aromatic heterocycles. The number of halogens is 1. The van der Waals surface area contributed by atoms with E-state index in [-0.39, 0.29) is 5.91 Å². The molecular weight excluding hydrogens is 339 g/mol. The average molecular weight is 359 g/mol. The molecule has 18 heavy (non-hydrogen) atoms. The van der Waals surface area contributed by atoms with Crippen LogP contribution in [0.25, 0.3) is 0 Å². The molecule has 3 nitrogen and oxygen atoms in total. The van der Waals surface area contributed by atoms with Gasteiger partial charge >= 0.3 is 0 Å². The van der Waals surface area contributed by atoms with Gasteiger partial charge in [0, 0.05) is 22.0 Å². The number of quaternary nitrogens is 1. The van der Waals surface area contributed by atoms with Crippen LogP contribution in [0.3, 0.4) is 0 Å². The predicted molar refractivity (Wildman–Crippen MR) is 80.9 cm³/mol. The van der Waals surface area contributed by atoms with Crippen LogP contribution in [0.15, 0.2) is 24.3 Å². The molecule has 1 aromatic carbocycles. The first kappa shape index (κ1) is 13.8. The third-order valence-electron chi connectivity index (χ3n) is 3.68. The van der Waals surface area contributed by atoms with Crippen molar-refractivity contribution in [3.8, 4) is 0 Å². The maximum absolute atomic E-state index is 12.0. The van der Waals surface area contributed by atoms with Gasteiger partial charge in [-0.2, -0.15) is 0 Å². The minimum Gasteiger partial charge on any atom is -0.346 e. The zero-order valence-corrected chi connectivity index (χ0v) is 12.9. The zero-order chi connectivity index (χ0) is 13.0. The molecule has 1 fully saturated rings. The molecule has 98 valence electrons. The van der Waals surface area contributed by atoms with Gasteiger partial charge in [0.1, 0.15) is 6.04 Å². The lowest BCUT2D eigenvalue weighted by molar-refractivity contribution is -0.909. The van der Waals surface area contributed by atoms with Crippen LogP contribution < -0.4 is 10.2 Å². The van der Waals surface area contributed by atoms with Gasteiger partial charge in [-0.25, -0.2) is 0 Å². The summed E-state index contributed by atoms with van der Waals surface area (Å²) < 4.78 is 1.10. The molecule has 1 saturated heterocycles. The van der Waals surface area contributed by atoms with Crippen LogP contribution in [-0.4, -0.2) is 31.6 Å². The molecule has 1 amide bonds. The summed E-state index contributed by atoms with van der Waals surface area (Å²) in [6, 6.07) is 8.32. The number of rotatable bonds is 4. The topological polar surface area (TPSA) is 33.5 Å². The molecule has 1 heterocycles. The van der Waals surface area contributed by atoms with Crippen LogP contribution in [0.1, 0.15) is 30.1 Å². The number of carbonyl (C=O) groups is 1. The molecule has 2 rings (SSSR count). The van der Waals surface area contributed by atoms with E-state index in [1.807, 2.05) is 24.3 Å². The molecule has 1 unspecified atom stereocenters. The zero-order valence-electron chi connectivity index (χ0n) is 10.7. The van der Waals surface area contributed by atoms with Gasteiger partial charge < -0.3 is 10.2 Å². The van der Waals surface area contributed by atoms with Crippen molar-refractivity contribution in [3.63, 3.8) is 0 Å². The summed E-state index contributed by atoms with van der Waals surface area (Å²) >= 11 is 2.23. The lowest BCUT2D eigenvalue weighted by atomic mass is 10.2. The molecule has 0 saturated carbocycles. The van der Waals surface area contributed by atoms with Crippen molar-refractivity contribution in [2.75, 3.05) is 19.6 Å². The van der Waals surface area contributed by atoms with Crippen molar-refractivity contribution >= 4 is 28.5 Å². The average Bonchev–Trinajstić information content (AvgIpc) is 2.83. The van der Waals surface area contributed by atoms with Gasteiger partial charge in [-0.05, 0) is 47.7 Å². The van der Waals surface area contributed by atoms with Gasteiger partial charge in [0.25, 0.3) is 5.91 Å². The van der Waals surface area contributed by atoms with Gasteiger partial charge in [0.15, 0.2) is 0 Å². The quantitative estimate of drug-likeness (QED) is 0.776. The highest BCUT2D eigenvalue weighted by molar-refractivity contribution is 14.1. The lowest BCUT2D eigenvalue weighted by Crippen LogP contribution is -3.14. The number of nitrogens with one attached hydrogen (secondary N) is 2. The van der Waals surface area contributed by atoms with Crippen LogP contribution >= 0.6 is 22.6 Å². The SMILES string of the molecule is CC[NH+]1CCC[C@@H]1CNC(=O)c1cccc(I)c1. The summed E-state index contributed by atoms with van der Waals surface area (Å²) in [6.07, 6.45) is 2.52. The van der Waals surface area contributed by atoms with E-state index in [4.69, 9.17) is 0 Å². The largest absolute Gasteiger partial charge is 0.346 e. The Morgan fingerprint density at radius 2 is 2.39 bits per heavy atom. The molecule has 1 aromatic rings. The number of hydrogen-bond donors (Lipinski definition) is 2. The number of likely N-dealkylation sites (tertiary alicyclic amines) is 1. The van der Waals surface area contributed by atoms with Gasteiger partial charge in [-0.15, -0.1) is 0 Å². The Bertz CT molecular complexity index is 422. The fourth-order valence-electron chi connectivity index (χ4n) is 2.64. The smallest absolute Gasteiger partial charge is 0.251 e. The van der Waals surface area contributed by atoms with E-state index in [0.717, 1.165) is 22.2 Å². The monoisotopic (exact) mass is 359 g/mol. The molecule has 0 spiro atoms. The Hall–Kier alpha value is -0.620. The Kier molecular flexibility index (Phi) is 5.00. The van der Waals surface area contributed by atoms with E-state index in [0.29, 0.717) is 6.04 Å². The van der Waals surface area contributed by atoms with Gasteiger partial charge in [-0.1, -0.05) is 6.07 Å². The molecule has 0 bridgehead atoms. The number of hydrogen-bond acceptors (Lipinski definition) is 1. The van der Waals surface area contributed by atoms with Crippen LogP contribution in [0.5, 0.6) is 0 Å². The molecular formula is C14H20IN2O+. The van der Waals surface area contributed by atoms with Crippen LogP contribution in [0, 0.1) is 3.57 Å². The summed E-state index contributed by atoms with van der Waals surface area (Å²) in [6.45, 7) is 5.42. The molecule has 1 aliphatic rings. The second-order valence-corrected chi connectivity index (χ2v) is 6.07. The highest BCUT2D eigenvalue weighted by Crippen LogP contribution is 2.07. The normalized spacial score (nSPS) is 23.0. The second-order valence-electron chi connectivity index (χ2n) is 4.82. The second kappa shape index (κ2) is 6.52. The van der Waals surface area contributed by atoms with Crippen molar-refractivity contribution in [2.45, 2.75) is 25.8 Å². The van der Waals surface area contributed by atoms with Crippen molar-refractivity contribution in [1.82, 2.24) is 5.32 Å². The predicted octanol–water partition coefficient (Wildman–Crippen LogP) is 1.09. The van der Waals surface area contributed by atoms with Crippen molar-refractivity contribution in [2.24, 2.45) is 0 Å². The fraction of sp³-hybridized carbons (Fsp3) is 0.500. The Morgan fingerprint density at radius 1 is 1.56 bits per heavy atom. The summed E-state index contributed by atoms with van der Waals surface area (Å²) in [7, 11) is 0. The first-order chi connectivity index (χ1) is 8.70. The van der Waals surface area contributed by atoms with E-state index >= 15 is 0 Å². The van der Waals surface area contributed by atoms with E-state index < -0.39 is 0 Å². The minimum atomic E-state index is 0.0517. The highest BCUT2D eigenvalue weighted by Gasteiger charge is 2.27. The van der Waals surface area contributed by atoms with E-state index in [2.05, 4.69) is 34.8 Å². The number of carbonyl (C=O) groups excluding carboxylic acids is 1. The van der Waals surface area contributed by atoms with E-state index in [1.54, 1.807) is 4.90 Å². The molecule has 2 atom stereocenters. The summed E-state index contributed by atoms with van der Waals surface area (Å²) in [5, 5.41) is 3.07. The summed E-state index contributed by atoms with van der Waals surface area (Å²) in [5.41, 5.74) is 0.762. The van der Waals surface area contributed by atoms with Gasteiger partial charge in [0.2, 0.25) is 0 Å². The Morgan fingerprint density at radius 3 is 3.11 bits per heavy atom. The maximum atomic E-state index is 12.0. The van der Waals surface area contributed by atoms with Crippen molar-refractivity contribution in [1.29, 1.82) is 0 Å². The Labute approximate surface area is 122 Å². The third-order valence-corrected chi connectivity index (χ3v) is 4.35. The standard InChI is InChI=1S/C14H19IN2O/c1-2-17-8-4-7-13(17)10-16-14(18)11-5-3-6-12(15)9-11/h3,5-6,9,13H,2,4,7-8,10H2,1H3,(H,16,18)/p+1/t13-/m1/s1. The fourth-order valence-corrected chi connectivity index (χ4v) is 3.19. The number of amides is 1. The lowest BCUT2D eigenvalue weighted by Gasteiger charge is -2.20. The molecule has 0 aliphatic carbocycles.